The molecule has 2 fully saturated rings. The summed E-state index contributed by atoms with van der Waals surface area (Å²) in [5.41, 5.74) is 3.18. The van der Waals surface area contributed by atoms with Crippen molar-refractivity contribution in [3.05, 3.63) is 29.5 Å². The molecule has 0 radical (unpaired) electrons. The quantitative estimate of drug-likeness (QED) is 0.717. The van der Waals surface area contributed by atoms with Gasteiger partial charge < -0.3 is 5.11 Å². The second-order valence-corrected chi connectivity index (χ2v) is 8.57. The van der Waals surface area contributed by atoms with Crippen molar-refractivity contribution in [2.75, 3.05) is 0 Å². The molecule has 0 saturated heterocycles. The Balaban J connectivity index is 1.73. The van der Waals surface area contributed by atoms with Crippen molar-refractivity contribution in [3.63, 3.8) is 0 Å². The lowest BCUT2D eigenvalue weighted by molar-refractivity contribution is -0.143. The number of carbonyl (C=O) groups is 1. The Morgan fingerprint density at radius 3 is 2.57 bits per heavy atom. The topological polar surface area (TPSA) is 67.5 Å². The Morgan fingerprint density at radius 2 is 1.96 bits per heavy atom. The highest BCUT2D eigenvalue weighted by Gasteiger charge is 2.38. The summed E-state index contributed by atoms with van der Waals surface area (Å²) < 4.78 is 2.27. The number of carboxylic acids is 1. The number of fused-ring (bicyclic) bond motifs is 1. The van der Waals surface area contributed by atoms with Crippen LogP contribution in [0.5, 0.6) is 0 Å². The Morgan fingerprint density at radius 1 is 1.25 bits per heavy atom. The van der Waals surface area contributed by atoms with E-state index in [4.69, 9.17) is 5.10 Å². The van der Waals surface area contributed by atoms with E-state index in [1.54, 1.807) is 0 Å². The van der Waals surface area contributed by atoms with E-state index in [-0.39, 0.29) is 11.5 Å². The maximum Gasteiger partial charge on any atom is 0.306 e. The molecule has 1 aromatic heterocycles. The average molecular weight is 382 g/mol. The molecule has 0 aliphatic heterocycles. The van der Waals surface area contributed by atoms with Crippen LogP contribution in [0.15, 0.2) is 23.2 Å². The molecule has 1 N–H and O–H groups in total. The molecular formula is C23H31N3O2. The molecule has 2 aliphatic carbocycles. The number of aliphatic carboxylic acids is 1. The zero-order chi connectivity index (χ0) is 19.7. The molecule has 2 saturated carbocycles. The van der Waals surface area contributed by atoms with Gasteiger partial charge in [0.2, 0.25) is 0 Å². The molecule has 0 amide bonds. The van der Waals surface area contributed by atoms with Crippen LogP contribution in [0.4, 0.5) is 0 Å². The second kappa shape index (κ2) is 7.69. The summed E-state index contributed by atoms with van der Waals surface area (Å²) in [5.74, 6) is -0.936. The average Bonchev–Trinajstić information content (AvgIpc) is 3.12. The van der Waals surface area contributed by atoms with Crippen LogP contribution in [0.25, 0.3) is 10.9 Å². The second-order valence-electron chi connectivity index (χ2n) is 8.57. The molecule has 5 heteroatoms. The SMILES string of the molecule is C=NC1(c2ccc3c(CC)nn(C4CCCCC4)c3c2)CCC(C(=O)O)CC1. The molecule has 1 heterocycles. The van der Waals surface area contributed by atoms with Crippen molar-refractivity contribution in [2.24, 2.45) is 10.9 Å². The van der Waals surface area contributed by atoms with Crippen LogP contribution in [-0.4, -0.2) is 27.6 Å². The summed E-state index contributed by atoms with van der Waals surface area (Å²) in [6, 6.07) is 7.13. The first-order chi connectivity index (χ1) is 13.6. The molecule has 0 spiro atoms. The molecule has 5 nitrogen and oxygen atoms in total. The number of hydrogen-bond donors (Lipinski definition) is 1. The van der Waals surface area contributed by atoms with E-state index in [0.717, 1.165) is 19.3 Å². The van der Waals surface area contributed by atoms with Crippen molar-refractivity contribution in [2.45, 2.75) is 82.7 Å². The highest BCUT2D eigenvalue weighted by atomic mass is 16.4. The van der Waals surface area contributed by atoms with Crippen LogP contribution in [-0.2, 0) is 16.8 Å². The molecule has 150 valence electrons. The van der Waals surface area contributed by atoms with E-state index in [1.807, 2.05) is 0 Å². The van der Waals surface area contributed by atoms with E-state index in [0.29, 0.717) is 18.9 Å². The van der Waals surface area contributed by atoms with Crippen molar-refractivity contribution in [1.29, 1.82) is 0 Å². The molecule has 4 rings (SSSR count). The predicted octanol–water partition coefficient (Wildman–Crippen LogP) is 5.27. The highest BCUT2D eigenvalue weighted by molar-refractivity contribution is 5.83. The van der Waals surface area contributed by atoms with E-state index in [1.165, 1.54) is 54.3 Å². The van der Waals surface area contributed by atoms with Gasteiger partial charge in [-0.15, -0.1) is 0 Å². The zero-order valence-electron chi connectivity index (χ0n) is 16.9. The van der Waals surface area contributed by atoms with E-state index in [2.05, 4.69) is 41.5 Å². The standard InChI is InChI=1S/C23H31N3O2/c1-3-20-19-10-9-17(23(24-2)13-11-16(12-14-23)22(27)28)15-21(19)26(25-20)18-7-5-4-6-8-18/h9-10,15-16,18H,2-8,11-14H2,1H3,(H,27,28). The number of rotatable bonds is 5. The first kappa shape index (κ1) is 19.2. The van der Waals surface area contributed by atoms with Gasteiger partial charge >= 0.3 is 5.97 Å². The Hall–Kier alpha value is -2.17. The first-order valence-electron chi connectivity index (χ1n) is 10.8. The fourth-order valence-corrected chi connectivity index (χ4v) is 5.24. The fourth-order valence-electron chi connectivity index (χ4n) is 5.24. The Labute approximate surface area is 166 Å². The summed E-state index contributed by atoms with van der Waals surface area (Å²) in [7, 11) is 0. The van der Waals surface area contributed by atoms with Crippen LogP contribution >= 0.6 is 0 Å². The molecule has 2 aromatic rings. The maximum atomic E-state index is 11.4. The van der Waals surface area contributed by atoms with Crippen molar-refractivity contribution in [3.8, 4) is 0 Å². The molecular weight excluding hydrogens is 350 g/mol. The van der Waals surface area contributed by atoms with Gasteiger partial charge in [-0.25, -0.2) is 0 Å². The third-order valence-electron chi connectivity index (χ3n) is 7.04. The number of aromatic nitrogens is 2. The van der Waals surface area contributed by atoms with Gasteiger partial charge in [-0.3, -0.25) is 14.5 Å². The molecule has 0 bridgehead atoms. The summed E-state index contributed by atoms with van der Waals surface area (Å²) in [6.07, 6.45) is 10.0. The number of nitrogens with zero attached hydrogens (tertiary/aromatic N) is 3. The summed E-state index contributed by atoms with van der Waals surface area (Å²) in [5, 5.41) is 15.6. The number of benzene rings is 1. The monoisotopic (exact) mass is 381 g/mol. The molecule has 0 unspecified atom stereocenters. The largest absolute Gasteiger partial charge is 0.481 e. The van der Waals surface area contributed by atoms with Gasteiger partial charge in [0, 0.05) is 5.39 Å². The van der Waals surface area contributed by atoms with E-state index < -0.39 is 5.97 Å². The number of hydrogen-bond acceptors (Lipinski definition) is 3. The summed E-state index contributed by atoms with van der Waals surface area (Å²) in [6.45, 7) is 6.06. The minimum atomic E-state index is -0.684. The molecule has 28 heavy (non-hydrogen) atoms. The van der Waals surface area contributed by atoms with Crippen molar-refractivity contribution in [1.82, 2.24) is 9.78 Å². The smallest absolute Gasteiger partial charge is 0.306 e. The van der Waals surface area contributed by atoms with Crippen LogP contribution in [0.3, 0.4) is 0 Å². The number of aryl methyl sites for hydroxylation is 1. The van der Waals surface area contributed by atoms with Gasteiger partial charge in [0.25, 0.3) is 0 Å². The molecule has 1 aromatic carbocycles. The zero-order valence-corrected chi connectivity index (χ0v) is 16.9. The van der Waals surface area contributed by atoms with Crippen LogP contribution in [0, 0.1) is 5.92 Å². The lowest BCUT2D eigenvalue weighted by atomic mass is 9.73. The Kier molecular flexibility index (Phi) is 5.26. The maximum absolute atomic E-state index is 11.4. The summed E-state index contributed by atoms with van der Waals surface area (Å²) in [4.78, 5) is 15.9. The van der Waals surface area contributed by atoms with Crippen molar-refractivity contribution >= 4 is 23.6 Å². The molecule has 2 aliphatic rings. The number of aliphatic imine (C=N–C) groups is 1. The van der Waals surface area contributed by atoms with Gasteiger partial charge in [0.05, 0.1) is 28.7 Å². The lowest BCUT2D eigenvalue weighted by Crippen LogP contribution is -2.32. The molecule has 0 atom stereocenters. The van der Waals surface area contributed by atoms with E-state index >= 15 is 0 Å². The Bertz CT molecular complexity index is 871. The summed E-state index contributed by atoms with van der Waals surface area (Å²) >= 11 is 0. The van der Waals surface area contributed by atoms with Crippen molar-refractivity contribution < 1.29 is 9.90 Å². The minimum Gasteiger partial charge on any atom is -0.481 e. The fraction of sp³-hybridized carbons (Fsp3) is 0.609. The third-order valence-corrected chi connectivity index (χ3v) is 7.04. The minimum absolute atomic E-state index is 0.252. The van der Waals surface area contributed by atoms with Gasteiger partial charge in [-0.1, -0.05) is 38.3 Å². The van der Waals surface area contributed by atoms with Gasteiger partial charge in [0.15, 0.2) is 0 Å². The number of carboxylic acid groups (broad SMARTS) is 1. The predicted molar refractivity (Wildman–Crippen MR) is 112 cm³/mol. The third kappa shape index (κ3) is 3.25. The first-order valence-corrected chi connectivity index (χ1v) is 10.8. The van der Waals surface area contributed by atoms with Gasteiger partial charge in [-0.2, -0.15) is 5.10 Å². The van der Waals surface area contributed by atoms with Gasteiger partial charge in [-0.05, 0) is 63.3 Å². The van der Waals surface area contributed by atoms with Crippen LogP contribution < -0.4 is 0 Å². The van der Waals surface area contributed by atoms with E-state index in [9.17, 15) is 9.90 Å². The lowest BCUT2D eigenvalue weighted by Gasteiger charge is -2.36. The van der Waals surface area contributed by atoms with Gasteiger partial charge in [0.1, 0.15) is 0 Å². The van der Waals surface area contributed by atoms with Crippen LogP contribution in [0.2, 0.25) is 0 Å². The normalized spacial score (nSPS) is 26.4. The highest BCUT2D eigenvalue weighted by Crippen LogP contribution is 2.44. The van der Waals surface area contributed by atoms with Crippen LogP contribution in [0.1, 0.15) is 82.0 Å².